The van der Waals surface area contributed by atoms with Crippen molar-refractivity contribution in [3.8, 4) is 5.75 Å². The molecule has 1 aliphatic rings. The smallest absolute Gasteiger partial charge is 0.293 e. The van der Waals surface area contributed by atoms with Crippen LogP contribution in [-0.4, -0.2) is 54.1 Å². The lowest BCUT2D eigenvalue weighted by Gasteiger charge is -2.23. The molecule has 27 heavy (non-hydrogen) atoms. The molecule has 2 heterocycles. The number of anilines is 3. The predicted molar refractivity (Wildman–Crippen MR) is 102 cm³/mol. The average molecular weight is 377 g/mol. The molecule has 1 unspecified atom stereocenters. The van der Waals surface area contributed by atoms with E-state index in [2.05, 4.69) is 27.5 Å². The highest BCUT2D eigenvalue weighted by molar-refractivity contribution is 5.56. The van der Waals surface area contributed by atoms with Crippen molar-refractivity contribution in [3.05, 3.63) is 36.5 Å². The molecule has 0 aliphatic carbocycles. The van der Waals surface area contributed by atoms with E-state index < -0.39 is 12.5 Å². The van der Waals surface area contributed by atoms with Crippen LogP contribution in [0, 0.1) is 5.92 Å². The summed E-state index contributed by atoms with van der Waals surface area (Å²) in [6.07, 6.45) is 2.60. The number of hydrogen-bond donors (Lipinski definition) is 2. The molecule has 1 atom stereocenters. The minimum absolute atomic E-state index is 0.264. The van der Waals surface area contributed by atoms with Crippen LogP contribution in [0.4, 0.5) is 26.2 Å². The molecule has 1 aliphatic heterocycles. The Morgan fingerprint density at radius 1 is 1.33 bits per heavy atom. The van der Waals surface area contributed by atoms with Crippen LogP contribution in [0.15, 0.2) is 36.5 Å². The maximum absolute atomic E-state index is 14.2. The number of hydrogen-bond acceptors (Lipinski definition) is 6. The van der Waals surface area contributed by atoms with Crippen LogP contribution in [-0.2, 0) is 0 Å². The Bertz CT molecular complexity index is 758. The Morgan fingerprint density at radius 3 is 2.93 bits per heavy atom. The van der Waals surface area contributed by atoms with Gasteiger partial charge >= 0.3 is 0 Å². The van der Waals surface area contributed by atoms with Gasteiger partial charge in [-0.15, -0.1) is 0 Å². The number of aromatic nitrogens is 2. The van der Waals surface area contributed by atoms with Crippen molar-refractivity contribution in [2.24, 2.45) is 5.92 Å². The summed E-state index contributed by atoms with van der Waals surface area (Å²) in [6, 6.07) is 8.59. The van der Waals surface area contributed by atoms with E-state index in [4.69, 9.17) is 4.74 Å². The highest BCUT2D eigenvalue weighted by Gasteiger charge is 2.35. The molecular weight excluding hydrogens is 352 g/mol. The molecule has 0 bridgehead atoms. The van der Waals surface area contributed by atoms with Gasteiger partial charge in [-0.3, -0.25) is 4.90 Å². The number of halogens is 2. The van der Waals surface area contributed by atoms with E-state index >= 15 is 0 Å². The molecule has 6 nitrogen and oxygen atoms in total. The van der Waals surface area contributed by atoms with E-state index in [-0.39, 0.29) is 6.54 Å². The van der Waals surface area contributed by atoms with Crippen LogP contribution in [0.2, 0.25) is 0 Å². The SMILES string of the molecule is CNc1ccnc(Nc2cccc(OCC(F)(F)CN3CCC(C)C3)c2)n1. The molecule has 2 aromatic rings. The number of ether oxygens (including phenoxy) is 1. The number of likely N-dealkylation sites (tertiary alicyclic amines) is 1. The molecule has 0 radical (unpaired) electrons. The fourth-order valence-electron chi connectivity index (χ4n) is 3.08. The molecule has 1 saturated heterocycles. The van der Waals surface area contributed by atoms with Crippen molar-refractivity contribution in [2.75, 3.05) is 43.9 Å². The maximum Gasteiger partial charge on any atom is 0.293 e. The Labute approximate surface area is 158 Å². The number of alkyl halides is 2. The van der Waals surface area contributed by atoms with Crippen LogP contribution in [0.1, 0.15) is 13.3 Å². The zero-order valence-corrected chi connectivity index (χ0v) is 15.6. The van der Waals surface area contributed by atoms with E-state index in [1.54, 1.807) is 48.5 Å². The number of benzene rings is 1. The zero-order chi connectivity index (χ0) is 19.3. The first-order valence-electron chi connectivity index (χ1n) is 9.04. The van der Waals surface area contributed by atoms with Gasteiger partial charge in [0.15, 0.2) is 6.61 Å². The monoisotopic (exact) mass is 377 g/mol. The maximum atomic E-state index is 14.2. The molecular formula is C19H25F2N5O. The highest BCUT2D eigenvalue weighted by Crippen LogP contribution is 2.25. The Kier molecular flexibility index (Phi) is 6.05. The normalized spacial score (nSPS) is 17.7. The van der Waals surface area contributed by atoms with E-state index in [9.17, 15) is 8.78 Å². The molecule has 2 N–H and O–H groups in total. The summed E-state index contributed by atoms with van der Waals surface area (Å²) in [5.74, 6) is -0.951. The Morgan fingerprint density at radius 2 is 2.19 bits per heavy atom. The highest BCUT2D eigenvalue weighted by atomic mass is 19.3. The van der Waals surface area contributed by atoms with Crippen LogP contribution in [0.3, 0.4) is 0 Å². The first-order chi connectivity index (χ1) is 12.9. The van der Waals surface area contributed by atoms with E-state index in [1.807, 2.05) is 0 Å². The summed E-state index contributed by atoms with van der Waals surface area (Å²) in [4.78, 5) is 10.2. The van der Waals surface area contributed by atoms with Gasteiger partial charge < -0.3 is 15.4 Å². The fourth-order valence-corrected chi connectivity index (χ4v) is 3.08. The minimum Gasteiger partial charge on any atom is -0.487 e. The van der Waals surface area contributed by atoms with Gasteiger partial charge in [-0.2, -0.15) is 4.98 Å². The third-order valence-electron chi connectivity index (χ3n) is 4.41. The van der Waals surface area contributed by atoms with E-state index in [1.165, 1.54) is 0 Å². The lowest BCUT2D eigenvalue weighted by atomic mass is 10.2. The molecule has 8 heteroatoms. The van der Waals surface area contributed by atoms with Gasteiger partial charge in [-0.1, -0.05) is 13.0 Å². The van der Waals surface area contributed by atoms with Crippen molar-refractivity contribution < 1.29 is 13.5 Å². The van der Waals surface area contributed by atoms with Crippen molar-refractivity contribution in [1.29, 1.82) is 0 Å². The summed E-state index contributed by atoms with van der Waals surface area (Å²) >= 11 is 0. The molecule has 0 saturated carbocycles. The molecule has 1 aromatic heterocycles. The Hall–Kier alpha value is -2.48. The minimum atomic E-state index is -2.89. The summed E-state index contributed by atoms with van der Waals surface area (Å²) in [7, 11) is 1.77. The fraction of sp³-hybridized carbons (Fsp3) is 0.474. The lowest BCUT2D eigenvalue weighted by molar-refractivity contribution is -0.0619. The van der Waals surface area contributed by atoms with Gasteiger partial charge in [0.1, 0.15) is 11.6 Å². The second-order valence-corrected chi connectivity index (χ2v) is 6.94. The molecule has 1 fully saturated rings. The first-order valence-corrected chi connectivity index (χ1v) is 9.04. The number of rotatable bonds is 8. The average Bonchev–Trinajstić information content (AvgIpc) is 3.04. The quantitative estimate of drug-likeness (QED) is 0.733. The Balaban J connectivity index is 1.56. The van der Waals surface area contributed by atoms with E-state index in [0.717, 1.165) is 19.5 Å². The third kappa shape index (κ3) is 5.75. The molecule has 146 valence electrons. The molecule has 0 spiro atoms. The summed E-state index contributed by atoms with van der Waals surface area (Å²) in [5, 5.41) is 5.97. The van der Waals surface area contributed by atoms with Crippen LogP contribution in [0.5, 0.6) is 5.75 Å². The summed E-state index contributed by atoms with van der Waals surface area (Å²) in [5.41, 5.74) is 0.664. The van der Waals surface area contributed by atoms with Gasteiger partial charge in [0.05, 0.1) is 6.54 Å². The van der Waals surface area contributed by atoms with Crippen molar-refractivity contribution in [1.82, 2.24) is 14.9 Å². The van der Waals surface area contributed by atoms with Crippen LogP contribution in [0.25, 0.3) is 0 Å². The third-order valence-corrected chi connectivity index (χ3v) is 4.41. The molecule has 3 rings (SSSR count). The second kappa shape index (κ2) is 8.47. The first kappa shape index (κ1) is 19.3. The topological polar surface area (TPSA) is 62.3 Å². The van der Waals surface area contributed by atoms with Gasteiger partial charge in [0, 0.05) is 31.5 Å². The second-order valence-electron chi connectivity index (χ2n) is 6.94. The predicted octanol–water partition coefficient (Wildman–Crippen LogP) is 3.62. The van der Waals surface area contributed by atoms with E-state index in [0.29, 0.717) is 29.1 Å². The van der Waals surface area contributed by atoms with Gasteiger partial charge in [-0.05, 0) is 37.1 Å². The van der Waals surface area contributed by atoms with Gasteiger partial charge in [0.2, 0.25) is 5.95 Å². The standard InChI is InChI=1S/C19H25F2N5O/c1-14-7-9-26(11-14)12-19(20,21)13-27-16-5-3-4-15(10-16)24-18-23-8-6-17(22-2)25-18/h3-6,8,10,14H,7,9,11-13H2,1-2H3,(H2,22,23,24,25). The van der Waals surface area contributed by atoms with Gasteiger partial charge in [0.25, 0.3) is 5.92 Å². The van der Waals surface area contributed by atoms with Crippen molar-refractivity contribution in [2.45, 2.75) is 19.3 Å². The summed E-state index contributed by atoms with van der Waals surface area (Å²) in [6.45, 7) is 2.62. The van der Waals surface area contributed by atoms with Crippen molar-refractivity contribution >= 4 is 17.5 Å². The van der Waals surface area contributed by atoms with Crippen molar-refractivity contribution in [3.63, 3.8) is 0 Å². The molecule has 0 amide bonds. The summed E-state index contributed by atoms with van der Waals surface area (Å²) < 4.78 is 33.8. The van der Waals surface area contributed by atoms with Gasteiger partial charge in [-0.25, -0.2) is 13.8 Å². The molecule has 1 aromatic carbocycles. The number of nitrogens with zero attached hydrogens (tertiary/aromatic N) is 3. The largest absolute Gasteiger partial charge is 0.487 e. The van der Waals surface area contributed by atoms with Crippen LogP contribution < -0.4 is 15.4 Å². The lowest BCUT2D eigenvalue weighted by Crippen LogP contribution is -2.39. The zero-order valence-electron chi connectivity index (χ0n) is 15.6. The number of nitrogens with one attached hydrogen (secondary N) is 2. The van der Waals surface area contributed by atoms with Crippen LogP contribution >= 0.6 is 0 Å².